The van der Waals surface area contributed by atoms with Gasteiger partial charge in [-0.15, -0.1) is 0 Å². The molecule has 1 atom stereocenters. The van der Waals surface area contributed by atoms with Crippen LogP contribution in [-0.2, 0) is 0 Å². The quantitative estimate of drug-likeness (QED) is 0.449. The van der Waals surface area contributed by atoms with Crippen LogP contribution in [0.1, 0.15) is 37.0 Å². The maximum atomic E-state index is 10.9. The maximum absolute atomic E-state index is 10.9. The zero-order valence-electron chi connectivity index (χ0n) is 11.0. The van der Waals surface area contributed by atoms with Gasteiger partial charge >= 0.3 is 0 Å². The maximum Gasteiger partial charge on any atom is 0.293 e. The number of nitro benzene ring substituents is 1. The van der Waals surface area contributed by atoms with Gasteiger partial charge < -0.3 is 10.4 Å². The van der Waals surface area contributed by atoms with Gasteiger partial charge in [0.2, 0.25) is 0 Å². The minimum atomic E-state index is -0.925. The average Bonchev–Trinajstić information content (AvgIpc) is 2.36. The zero-order valence-corrected chi connectivity index (χ0v) is 11.0. The molecule has 104 valence electrons. The smallest absolute Gasteiger partial charge is 0.293 e. The fraction of sp³-hybridized carbons (Fsp3) is 0.462. The Morgan fingerprint density at radius 2 is 2.21 bits per heavy atom. The molecule has 0 aliphatic heterocycles. The first-order valence-electron chi connectivity index (χ1n) is 6.09. The Balaban J connectivity index is 2.89. The van der Waals surface area contributed by atoms with Gasteiger partial charge in [0.15, 0.2) is 0 Å². The van der Waals surface area contributed by atoms with E-state index >= 15 is 0 Å². The number of nitro groups is 1. The molecular weight excluding hydrogens is 248 g/mol. The second kappa shape index (κ2) is 6.29. The first-order valence-corrected chi connectivity index (χ1v) is 6.09. The SMILES string of the molecule is CCCC(C)(O)CNc1ccc(C=O)cc1[N+](=O)[O-]. The van der Waals surface area contributed by atoms with Gasteiger partial charge in [-0.25, -0.2) is 0 Å². The van der Waals surface area contributed by atoms with Crippen molar-refractivity contribution in [1.29, 1.82) is 0 Å². The molecule has 0 saturated heterocycles. The third kappa shape index (κ3) is 4.33. The summed E-state index contributed by atoms with van der Waals surface area (Å²) in [5.74, 6) is 0. The van der Waals surface area contributed by atoms with Gasteiger partial charge in [0.25, 0.3) is 5.69 Å². The van der Waals surface area contributed by atoms with E-state index in [1.807, 2.05) is 6.92 Å². The van der Waals surface area contributed by atoms with Crippen molar-refractivity contribution < 1.29 is 14.8 Å². The number of nitrogens with one attached hydrogen (secondary N) is 1. The molecule has 6 heteroatoms. The highest BCUT2D eigenvalue weighted by molar-refractivity contribution is 5.79. The van der Waals surface area contributed by atoms with E-state index in [0.717, 1.165) is 6.42 Å². The van der Waals surface area contributed by atoms with Gasteiger partial charge in [0.05, 0.1) is 10.5 Å². The van der Waals surface area contributed by atoms with Crippen LogP contribution in [0.25, 0.3) is 0 Å². The highest BCUT2D eigenvalue weighted by atomic mass is 16.6. The summed E-state index contributed by atoms with van der Waals surface area (Å²) >= 11 is 0. The molecule has 0 aromatic heterocycles. The van der Waals surface area contributed by atoms with Crippen LogP contribution in [0.5, 0.6) is 0 Å². The Bertz CT molecular complexity index is 472. The topological polar surface area (TPSA) is 92.5 Å². The summed E-state index contributed by atoms with van der Waals surface area (Å²) < 4.78 is 0. The molecule has 1 unspecified atom stereocenters. The number of aldehydes is 1. The number of rotatable bonds is 7. The molecule has 0 radical (unpaired) electrons. The number of nitrogens with zero attached hydrogens (tertiary/aromatic N) is 1. The first-order chi connectivity index (χ1) is 8.89. The molecule has 0 spiro atoms. The Hall–Kier alpha value is -1.95. The van der Waals surface area contributed by atoms with Crippen LogP contribution >= 0.6 is 0 Å². The zero-order chi connectivity index (χ0) is 14.5. The van der Waals surface area contributed by atoms with Crippen molar-refractivity contribution in [3.8, 4) is 0 Å². The predicted molar refractivity (Wildman–Crippen MR) is 72.5 cm³/mol. The second-order valence-electron chi connectivity index (χ2n) is 4.75. The fourth-order valence-electron chi connectivity index (χ4n) is 1.84. The van der Waals surface area contributed by atoms with E-state index in [2.05, 4.69) is 5.32 Å². The molecule has 19 heavy (non-hydrogen) atoms. The van der Waals surface area contributed by atoms with E-state index in [0.29, 0.717) is 18.4 Å². The summed E-state index contributed by atoms with van der Waals surface area (Å²) in [4.78, 5) is 21.0. The third-order valence-electron chi connectivity index (χ3n) is 2.80. The molecule has 0 aliphatic carbocycles. The first kappa shape index (κ1) is 15.1. The van der Waals surface area contributed by atoms with E-state index in [1.54, 1.807) is 6.92 Å². The average molecular weight is 266 g/mol. The molecule has 6 nitrogen and oxygen atoms in total. The van der Waals surface area contributed by atoms with Gasteiger partial charge in [0, 0.05) is 18.2 Å². The van der Waals surface area contributed by atoms with Gasteiger partial charge in [0.1, 0.15) is 12.0 Å². The van der Waals surface area contributed by atoms with Crippen LogP contribution in [0.4, 0.5) is 11.4 Å². The van der Waals surface area contributed by atoms with Crippen molar-refractivity contribution in [2.75, 3.05) is 11.9 Å². The lowest BCUT2D eigenvalue weighted by Crippen LogP contribution is -2.33. The largest absolute Gasteiger partial charge is 0.388 e. The second-order valence-corrected chi connectivity index (χ2v) is 4.75. The normalized spacial score (nSPS) is 13.6. The van der Waals surface area contributed by atoms with Crippen molar-refractivity contribution in [2.24, 2.45) is 0 Å². The Morgan fingerprint density at radius 1 is 1.53 bits per heavy atom. The summed E-state index contributed by atoms with van der Waals surface area (Å²) in [6.07, 6.45) is 1.98. The molecule has 2 N–H and O–H groups in total. The van der Waals surface area contributed by atoms with Gasteiger partial charge in [-0.1, -0.05) is 13.3 Å². The van der Waals surface area contributed by atoms with Crippen LogP contribution in [-0.4, -0.2) is 28.5 Å². The standard InChI is InChI=1S/C13H18N2O4/c1-3-6-13(2,17)9-14-11-5-4-10(8-16)7-12(11)15(18)19/h4-5,7-8,14,17H,3,6,9H2,1-2H3. The van der Waals surface area contributed by atoms with Crippen LogP contribution in [0.15, 0.2) is 18.2 Å². The summed E-state index contributed by atoms with van der Waals surface area (Å²) in [6.45, 7) is 3.84. The number of carbonyl (C=O) groups excluding carboxylic acids is 1. The molecule has 0 fully saturated rings. The number of hydrogen-bond acceptors (Lipinski definition) is 5. The number of aliphatic hydroxyl groups is 1. The van der Waals surface area contributed by atoms with Crippen molar-refractivity contribution in [3.63, 3.8) is 0 Å². The number of hydrogen-bond donors (Lipinski definition) is 2. The molecule has 1 aromatic carbocycles. The van der Waals surface area contributed by atoms with Crippen LogP contribution < -0.4 is 5.32 Å². The van der Waals surface area contributed by atoms with Crippen molar-refractivity contribution in [3.05, 3.63) is 33.9 Å². The van der Waals surface area contributed by atoms with Crippen molar-refractivity contribution in [1.82, 2.24) is 0 Å². The Kier molecular flexibility index (Phi) is 5.00. The van der Waals surface area contributed by atoms with E-state index in [-0.39, 0.29) is 17.8 Å². The fourth-order valence-corrected chi connectivity index (χ4v) is 1.84. The van der Waals surface area contributed by atoms with E-state index in [1.165, 1.54) is 18.2 Å². The molecule has 0 saturated carbocycles. The summed E-state index contributed by atoms with van der Waals surface area (Å²) in [5, 5.41) is 23.8. The highest BCUT2D eigenvalue weighted by Crippen LogP contribution is 2.26. The molecule has 0 amide bonds. The van der Waals surface area contributed by atoms with Crippen molar-refractivity contribution in [2.45, 2.75) is 32.3 Å². The number of benzene rings is 1. The third-order valence-corrected chi connectivity index (χ3v) is 2.80. The van der Waals surface area contributed by atoms with Gasteiger partial charge in [-0.05, 0) is 25.5 Å². The van der Waals surface area contributed by atoms with E-state index < -0.39 is 10.5 Å². The minimum absolute atomic E-state index is 0.170. The Labute approximate surface area is 111 Å². The van der Waals surface area contributed by atoms with Crippen molar-refractivity contribution >= 4 is 17.7 Å². The Morgan fingerprint density at radius 3 is 2.74 bits per heavy atom. The molecular formula is C13H18N2O4. The van der Waals surface area contributed by atoms with Gasteiger partial charge in [-0.3, -0.25) is 14.9 Å². The summed E-state index contributed by atoms with van der Waals surface area (Å²) in [7, 11) is 0. The van der Waals surface area contributed by atoms with Crippen LogP contribution in [0.3, 0.4) is 0 Å². The molecule has 0 aliphatic rings. The van der Waals surface area contributed by atoms with Crippen LogP contribution in [0.2, 0.25) is 0 Å². The molecule has 1 rings (SSSR count). The predicted octanol–water partition coefficient (Wildman–Crippen LogP) is 2.37. The molecule has 0 bridgehead atoms. The minimum Gasteiger partial charge on any atom is -0.388 e. The van der Waals surface area contributed by atoms with E-state index in [9.17, 15) is 20.0 Å². The molecule has 1 aromatic rings. The summed E-state index contributed by atoms with van der Waals surface area (Å²) in [5.41, 5.74) is -0.548. The lowest BCUT2D eigenvalue weighted by atomic mass is 10.0. The van der Waals surface area contributed by atoms with Gasteiger partial charge in [-0.2, -0.15) is 0 Å². The lowest BCUT2D eigenvalue weighted by molar-refractivity contribution is -0.384. The van der Waals surface area contributed by atoms with Crippen LogP contribution in [0, 0.1) is 10.1 Å². The monoisotopic (exact) mass is 266 g/mol. The summed E-state index contributed by atoms with van der Waals surface area (Å²) in [6, 6.07) is 4.19. The number of carbonyl (C=O) groups is 1. The number of anilines is 1. The highest BCUT2D eigenvalue weighted by Gasteiger charge is 2.21. The lowest BCUT2D eigenvalue weighted by Gasteiger charge is -2.23. The molecule has 0 heterocycles. The van der Waals surface area contributed by atoms with E-state index in [4.69, 9.17) is 0 Å².